The maximum atomic E-state index is 11.7. The molecular formula is C10H18N2O3S. The molecule has 0 aromatic rings. The fourth-order valence-electron chi connectivity index (χ4n) is 1.62. The standard InChI is InChI=1S/C10H18N2O3S/c1-9(2)7-16(14,15)8-10(13)12-5-3-11-4-6-12/h11H,1,3-8H2,2H3. The van der Waals surface area contributed by atoms with E-state index in [-0.39, 0.29) is 11.7 Å². The smallest absolute Gasteiger partial charge is 0.237 e. The van der Waals surface area contributed by atoms with E-state index in [9.17, 15) is 13.2 Å². The Bertz CT molecular complexity index is 370. The van der Waals surface area contributed by atoms with Crippen LogP contribution in [0.2, 0.25) is 0 Å². The molecule has 0 radical (unpaired) electrons. The Morgan fingerprint density at radius 1 is 1.31 bits per heavy atom. The van der Waals surface area contributed by atoms with Crippen LogP contribution in [-0.4, -0.2) is 56.9 Å². The van der Waals surface area contributed by atoms with E-state index in [1.54, 1.807) is 11.8 Å². The van der Waals surface area contributed by atoms with E-state index in [0.717, 1.165) is 13.1 Å². The Morgan fingerprint density at radius 3 is 2.38 bits per heavy atom. The van der Waals surface area contributed by atoms with Crippen LogP contribution in [0.3, 0.4) is 0 Å². The molecule has 1 rings (SSSR count). The molecule has 1 amide bonds. The molecule has 0 bridgehead atoms. The molecule has 0 saturated carbocycles. The average molecular weight is 246 g/mol. The normalized spacial score (nSPS) is 17.2. The molecule has 1 N–H and O–H groups in total. The van der Waals surface area contributed by atoms with Crippen LogP contribution >= 0.6 is 0 Å². The summed E-state index contributed by atoms with van der Waals surface area (Å²) in [6, 6.07) is 0. The van der Waals surface area contributed by atoms with Gasteiger partial charge in [0, 0.05) is 26.2 Å². The maximum absolute atomic E-state index is 11.7. The van der Waals surface area contributed by atoms with Crippen molar-refractivity contribution in [2.75, 3.05) is 37.7 Å². The molecule has 0 aromatic carbocycles. The number of carbonyl (C=O) groups excluding carboxylic acids is 1. The summed E-state index contributed by atoms with van der Waals surface area (Å²) < 4.78 is 23.1. The molecule has 1 saturated heterocycles. The number of amides is 1. The zero-order valence-electron chi connectivity index (χ0n) is 9.53. The number of nitrogens with one attached hydrogen (secondary N) is 1. The molecule has 1 heterocycles. The first kappa shape index (κ1) is 13.2. The second kappa shape index (κ2) is 5.45. The fourth-order valence-corrected chi connectivity index (χ4v) is 3.03. The largest absolute Gasteiger partial charge is 0.339 e. The average Bonchev–Trinajstić information content (AvgIpc) is 2.16. The number of hydrogen-bond acceptors (Lipinski definition) is 4. The van der Waals surface area contributed by atoms with Gasteiger partial charge in [-0.15, -0.1) is 0 Å². The number of piperazine rings is 1. The highest BCUT2D eigenvalue weighted by atomic mass is 32.2. The quantitative estimate of drug-likeness (QED) is 0.673. The third-order valence-electron chi connectivity index (χ3n) is 2.28. The summed E-state index contributed by atoms with van der Waals surface area (Å²) in [4.78, 5) is 13.3. The second-order valence-electron chi connectivity index (χ2n) is 4.12. The molecule has 0 aliphatic carbocycles. The van der Waals surface area contributed by atoms with Crippen molar-refractivity contribution in [2.24, 2.45) is 0 Å². The number of carbonyl (C=O) groups is 1. The molecule has 92 valence electrons. The van der Waals surface area contributed by atoms with Gasteiger partial charge in [0.15, 0.2) is 9.84 Å². The summed E-state index contributed by atoms with van der Waals surface area (Å²) in [5.41, 5.74) is 0.563. The van der Waals surface area contributed by atoms with Gasteiger partial charge in [-0.1, -0.05) is 12.2 Å². The maximum Gasteiger partial charge on any atom is 0.237 e. The molecule has 0 atom stereocenters. The molecule has 1 aliphatic rings. The third-order valence-corrected chi connectivity index (χ3v) is 3.90. The summed E-state index contributed by atoms with van der Waals surface area (Å²) in [5.74, 6) is -0.812. The molecule has 1 fully saturated rings. The van der Waals surface area contributed by atoms with Crippen molar-refractivity contribution in [1.82, 2.24) is 10.2 Å². The third kappa shape index (κ3) is 4.32. The van der Waals surface area contributed by atoms with Crippen molar-refractivity contribution in [2.45, 2.75) is 6.92 Å². The molecule has 0 spiro atoms. The van der Waals surface area contributed by atoms with Crippen LogP contribution in [0.25, 0.3) is 0 Å². The lowest BCUT2D eigenvalue weighted by atomic mass is 10.3. The molecule has 6 heteroatoms. The minimum Gasteiger partial charge on any atom is -0.339 e. The van der Waals surface area contributed by atoms with Gasteiger partial charge < -0.3 is 10.2 Å². The van der Waals surface area contributed by atoms with Crippen molar-refractivity contribution in [1.29, 1.82) is 0 Å². The zero-order chi connectivity index (χ0) is 12.2. The van der Waals surface area contributed by atoms with Crippen molar-refractivity contribution in [3.63, 3.8) is 0 Å². The predicted molar refractivity (Wildman–Crippen MR) is 62.9 cm³/mol. The van der Waals surface area contributed by atoms with Crippen LogP contribution < -0.4 is 5.32 Å². The molecule has 1 aliphatic heterocycles. The first-order valence-electron chi connectivity index (χ1n) is 5.24. The summed E-state index contributed by atoms with van der Waals surface area (Å²) >= 11 is 0. The predicted octanol–water partition coefficient (Wildman–Crippen LogP) is -0.591. The van der Waals surface area contributed by atoms with Crippen molar-refractivity contribution in [3.8, 4) is 0 Å². The topological polar surface area (TPSA) is 66.5 Å². The van der Waals surface area contributed by atoms with Gasteiger partial charge in [-0.3, -0.25) is 4.79 Å². The molecule has 5 nitrogen and oxygen atoms in total. The van der Waals surface area contributed by atoms with Crippen LogP contribution in [0.1, 0.15) is 6.92 Å². The van der Waals surface area contributed by atoms with Crippen LogP contribution in [0, 0.1) is 0 Å². The van der Waals surface area contributed by atoms with E-state index in [4.69, 9.17) is 0 Å². The molecule has 16 heavy (non-hydrogen) atoms. The van der Waals surface area contributed by atoms with E-state index < -0.39 is 15.6 Å². The van der Waals surface area contributed by atoms with Gasteiger partial charge in [0.25, 0.3) is 0 Å². The minimum atomic E-state index is -3.34. The van der Waals surface area contributed by atoms with Crippen LogP contribution in [0.5, 0.6) is 0 Å². The van der Waals surface area contributed by atoms with Crippen LogP contribution in [-0.2, 0) is 14.6 Å². The van der Waals surface area contributed by atoms with Gasteiger partial charge in [0.1, 0.15) is 5.75 Å². The van der Waals surface area contributed by atoms with Crippen molar-refractivity contribution in [3.05, 3.63) is 12.2 Å². The van der Waals surface area contributed by atoms with Crippen molar-refractivity contribution < 1.29 is 13.2 Å². The summed E-state index contributed by atoms with van der Waals surface area (Å²) in [5, 5.41) is 3.11. The fraction of sp³-hybridized carbons (Fsp3) is 0.700. The Morgan fingerprint density at radius 2 is 1.88 bits per heavy atom. The summed E-state index contributed by atoms with van der Waals surface area (Å²) in [7, 11) is -3.34. The Labute approximate surface area is 96.4 Å². The Kier molecular flexibility index (Phi) is 4.49. The lowest BCUT2D eigenvalue weighted by molar-refractivity contribution is -0.128. The minimum absolute atomic E-state index is 0.106. The molecular weight excluding hydrogens is 228 g/mol. The Hall–Kier alpha value is -0.880. The van der Waals surface area contributed by atoms with Gasteiger partial charge in [-0.05, 0) is 6.92 Å². The molecule has 0 aromatic heterocycles. The second-order valence-corrected chi connectivity index (χ2v) is 6.18. The summed E-state index contributed by atoms with van der Waals surface area (Å²) in [6.45, 7) is 7.82. The van der Waals surface area contributed by atoms with Crippen LogP contribution in [0.4, 0.5) is 0 Å². The number of nitrogens with zero attached hydrogens (tertiary/aromatic N) is 1. The Balaban J connectivity index is 2.52. The van der Waals surface area contributed by atoms with Crippen LogP contribution in [0.15, 0.2) is 12.2 Å². The van der Waals surface area contributed by atoms with Crippen molar-refractivity contribution >= 4 is 15.7 Å². The van der Waals surface area contributed by atoms with E-state index in [2.05, 4.69) is 11.9 Å². The van der Waals surface area contributed by atoms with Gasteiger partial charge in [-0.25, -0.2) is 8.42 Å². The van der Waals surface area contributed by atoms with Gasteiger partial charge in [-0.2, -0.15) is 0 Å². The zero-order valence-corrected chi connectivity index (χ0v) is 10.3. The summed E-state index contributed by atoms with van der Waals surface area (Å²) in [6.07, 6.45) is 0. The first-order valence-corrected chi connectivity index (χ1v) is 7.06. The van der Waals surface area contributed by atoms with Gasteiger partial charge in [0.2, 0.25) is 5.91 Å². The van der Waals surface area contributed by atoms with E-state index >= 15 is 0 Å². The van der Waals surface area contributed by atoms with Gasteiger partial charge >= 0.3 is 0 Å². The first-order chi connectivity index (χ1) is 7.41. The lowest BCUT2D eigenvalue weighted by Gasteiger charge is -2.27. The highest BCUT2D eigenvalue weighted by Gasteiger charge is 2.22. The van der Waals surface area contributed by atoms with E-state index in [0.29, 0.717) is 18.7 Å². The molecule has 0 unspecified atom stereocenters. The number of hydrogen-bond donors (Lipinski definition) is 1. The highest BCUT2D eigenvalue weighted by molar-refractivity contribution is 7.92. The highest BCUT2D eigenvalue weighted by Crippen LogP contribution is 2.02. The van der Waals surface area contributed by atoms with E-state index in [1.807, 2.05) is 0 Å². The lowest BCUT2D eigenvalue weighted by Crippen LogP contribution is -2.48. The number of sulfone groups is 1. The number of rotatable bonds is 4. The SMILES string of the molecule is C=C(C)CS(=O)(=O)CC(=O)N1CCNCC1. The van der Waals surface area contributed by atoms with E-state index in [1.165, 1.54) is 0 Å². The monoisotopic (exact) mass is 246 g/mol. The van der Waals surface area contributed by atoms with Gasteiger partial charge in [0.05, 0.1) is 5.75 Å².